The van der Waals surface area contributed by atoms with Crippen molar-refractivity contribution in [2.75, 3.05) is 7.11 Å². The predicted octanol–water partition coefficient (Wildman–Crippen LogP) is 3.43. The van der Waals surface area contributed by atoms with Crippen molar-refractivity contribution in [2.45, 2.75) is 19.6 Å². The van der Waals surface area contributed by atoms with Crippen LogP contribution < -0.4 is 15.2 Å². The van der Waals surface area contributed by atoms with Gasteiger partial charge in [0.2, 0.25) is 0 Å². The first kappa shape index (κ1) is 14.3. The molecule has 2 N–H and O–H groups in total. The number of hydrogen-bond donors (Lipinski definition) is 1. The van der Waals surface area contributed by atoms with Gasteiger partial charge in [0.15, 0.2) is 11.5 Å². The molecule has 2 aromatic carbocycles. The molecular formula is C16H18FNO2. The largest absolute Gasteiger partial charge is 0.493 e. The van der Waals surface area contributed by atoms with Crippen molar-refractivity contribution in [2.24, 2.45) is 5.73 Å². The van der Waals surface area contributed by atoms with Gasteiger partial charge in [-0.1, -0.05) is 18.2 Å². The third-order valence-electron chi connectivity index (χ3n) is 3.00. The van der Waals surface area contributed by atoms with Crippen LogP contribution in [0.25, 0.3) is 0 Å². The number of hydrogen-bond acceptors (Lipinski definition) is 3. The summed E-state index contributed by atoms with van der Waals surface area (Å²) in [6.45, 7) is 2.19. The number of nitrogens with two attached hydrogens (primary N) is 1. The number of ether oxygens (including phenoxy) is 2. The van der Waals surface area contributed by atoms with Crippen molar-refractivity contribution in [3.8, 4) is 11.5 Å². The molecule has 0 fully saturated rings. The molecule has 1 atom stereocenters. The first-order valence-corrected chi connectivity index (χ1v) is 6.41. The van der Waals surface area contributed by atoms with Crippen LogP contribution in [0.3, 0.4) is 0 Å². The Balaban J connectivity index is 2.13. The summed E-state index contributed by atoms with van der Waals surface area (Å²) in [6, 6.07) is 11.8. The Morgan fingerprint density at radius 1 is 1.15 bits per heavy atom. The molecular weight excluding hydrogens is 257 g/mol. The Kier molecular flexibility index (Phi) is 4.58. The molecule has 0 aliphatic rings. The lowest BCUT2D eigenvalue weighted by Gasteiger charge is -2.13. The van der Waals surface area contributed by atoms with E-state index in [2.05, 4.69) is 0 Å². The molecule has 4 heteroatoms. The number of halogens is 1. The molecule has 0 bridgehead atoms. The van der Waals surface area contributed by atoms with Gasteiger partial charge in [0.1, 0.15) is 12.4 Å². The molecule has 0 heterocycles. The Morgan fingerprint density at radius 2 is 1.95 bits per heavy atom. The smallest absolute Gasteiger partial charge is 0.161 e. The van der Waals surface area contributed by atoms with Crippen LogP contribution in [0, 0.1) is 5.82 Å². The van der Waals surface area contributed by atoms with Crippen molar-refractivity contribution in [3.63, 3.8) is 0 Å². The molecule has 0 saturated heterocycles. The number of methoxy groups -OCH3 is 1. The Hall–Kier alpha value is -2.07. The van der Waals surface area contributed by atoms with E-state index in [0.717, 1.165) is 11.1 Å². The molecule has 106 valence electrons. The second-order valence-corrected chi connectivity index (χ2v) is 4.62. The van der Waals surface area contributed by atoms with Gasteiger partial charge in [0, 0.05) is 6.04 Å². The van der Waals surface area contributed by atoms with Crippen LogP contribution in [0.4, 0.5) is 4.39 Å². The molecule has 0 amide bonds. The highest BCUT2D eigenvalue weighted by molar-refractivity contribution is 5.43. The van der Waals surface area contributed by atoms with Gasteiger partial charge in [-0.05, 0) is 42.3 Å². The van der Waals surface area contributed by atoms with Crippen molar-refractivity contribution < 1.29 is 13.9 Å². The zero-order chi connectivity index (χ0) is 14.5. The van der Waals surface area contributed by atoms with Crippen molar-refractivity contribution in [3.05, 3.63) is 59.4 Å². The van der Waals surface area contributed by atoms with E-state index in [1.807, 2.05) is 31.2 Å². The van der Waals surface area contributed by atoms with E-state index in [1.54, 1.807) is 13.2 Å². The Bertz CT molecular complexity index is 584. The minimum atomic E-state index is -0.273. The van der Waals surface area contributed by atoms with Crippen LogP contribution >= 0.6 is 0 Å². The Morgan fingerprint density at radius 3 is 2.60 bits per heavy atom. The molecule has 0 spiro atoms. The molecule has 0 aromatic heterocycles. The number of rotatable bonds is 5. The average molecular weight is 275 g/mol. The summed E-state index contributed by atoms with van der Waals surface area (Å²) < 4.78 is 24.1. The molecule has 0 radical (unpaired) electrons. The lowest BCUT2D eigenvalue weighted by atomic mass is 10.1. The average Bonchev–Trinajstić information content (AvgIpc) is 2.45. The normalized spacial score (nSPS) is 12.0. The molecule has 2 rings (SSSR count). The maximum Gasteiger partial charge on any atom is 0.161 e. The van der Waals surface area contributed by atoms with E-state index in [-0.39, 0.29) is 18.5 Å². The first-order chi connectivity index (χ1) is 9.60. The van der Waals surface area contributed by atoms with E-state index < -0.39 is 0 Å². The van der Waals surface area contributed by atoms with Gasteiger partial charge in [-0.3, -0.25) is 0 Å². The zero-order valence-electron chi connectivity index (χ0n) is 11.6. The summed E-state index contributed by atoms with van der Waals surface area (Å²) >= 11 is 0. The fraction of sp³-hybridized carbons (Fsp3) is 0.250. The third kappa shape index (κ3) is 3.48. The molecule has 2 aromatic rings. The summed E-state index contributed by atoms with van der Waals surface area (Å²) in [5.41, 5.74) is 7.57. The van der Waals surface area contributed by atoms with E-state index in [0.29, 0.717) is 11.5 Å². The van der Waals surface area contributed by atoms with E-state index >= 15 is 0 Å². The van der Waals surface area contributed by atoms with Crippen molar-refractivity contribution in [1.29, 1.82) is 0 Å². The molecule has 20 heavy (non-hydrogen) atoms. The zero-order valence-corrected chi connectivity index (χ0v) is 11.6. The minimum absolute atomic E-state index is 0.0684. The molecule has 0 unspecified atom stereocenters. The fourth-order valence-electron chi connectivity index (χ4n) is 1.87. The lowest BCUT2D eigenvalue weighted by molar-refractivity contribution is 0.284. The van der Waals surface area contributed by atoms with Crippen molar-refractivity contribution in [1.82, 2.24) is 0 Å². The highest BCUT2D eigenvalue weighted by Gasteiger charge is 2.08. The number of benzene rings is 2. The first-order valence-electron chi connectivity index (χ1n) is 6.41. The van der Waals surface area contributed by atoms with Gasteiger partial charge in [0.25, 0.3) is 0 Å². The predicted molar refractivity (Wildman–Crippen MR) is 76.3 cm³/mol. The molecule has 0 saturated carbocycles. The summed E-state index contributed by atoms with van der Waals surface area (Å²) in [5, 5.41) is 0. The van der Waals surface area contributed by atoms with E-state index in [9.17, 15) is 4.39 Å². The Labute approximate surface area is 118 Å². The lowest BCUT2D eigenvalue weighted by Crippen LogP contribution is -2.05. The second kappa shape index (κ2) is 6.39. The maximum absolute atomic E-state index is 13.1. The minimum Gasteiger partial charge on any atom is -0.493 e. The molecule has 0 aliphatic carbocycles. The topological polar surface area (TPSA) is 44.5 Å². The van der Waals surface area contributed by atoms with E-state index in [4.69, 9.17) is 15.2 Å². The highest BCUT2D eigenvalue weighted by atomic mass is 19.1. The highest BCUT2D eigenvalue weighted by Crippen LogP contribution is 2.30. The fourth-order valence-corrected chi connectivity index (χ4v) is 1.87. The summed E-state index contributed by atoms with van der Waals surface area (Å²) in [6.07, 6.45) is 0. The van der Waals surface area contributed by atoms with Gasteiger partial charge in [0.05, 0.1) is 7.11 Å². The third-order valence-corrected chi connectivity index (χ3v) is 3.00. The molecule has 3 nitrogen and oxygen atoms in total. The van der Waals surface area contributed by atoms with Crippen molar-refractivity contribution >= 4 is 0 Å². The van der Waals surface area contributed by atoms with Crippen LogP contribution in [0.15, 0.2) is 42.5 Å². The van der Waals surface area contributed by atoms with Crippen LogP contribution in [-0.4, -0.2) is 7.11 Å². The monoisotopic (exact) mass is 275 g/mol. The quantitative estimate of drug-likeness (QED) is 0.909. The van der Waals surface area contributed by atoms with Gasteiger partial charge < -0.3 is 15.2 Å². The SMILES string of the molecule is COc1cc([C@H](C)N)ccc1OCc1cccc(F)c1. The summed E-state index contributed by atoms with van der Waals surface area (Å²) in [5.74, 6) is 0.961. The van der Waals surface area contributed by atoms with Gasteiger partial charge >= 0.3 is 0 Å². The standard InChI is InChI=1S/C16H18FNO2/c1-11(18)13-6-7-15(16(9-13)19-2)20-10-12-4-3-5-14(17)8-12/h3-9,11H,10,18H2,1-2H3/t11-/m0/s1. The molecule has 0 aliphatic heterocycles. The van der Waals surface area contributed by atoms with Gasteiger partial charge in [-0.25, -0.2) is 4.39 Å². The second-order valence-electron chi connectivity index (χ2n) is 4.62. The maximum atomic E-state index is 13.1. The van der Waals surface area contributed by atoms with Crippen LogP contribution in [0.1, 0.15) is 24.1 Å². The van der Waals surface area contributed by atoms with Crippen LogP contribution in [-0.2, 0) is 6.61 Å². The van der Waals surface area contributed by atoms with Gasteiger partial charge in [-0.15, -0.1) is 0 Å². The van der Waals surface area contributed by atoms with Gasteiger partial charge in [-0.2, -0.15) is 0 Å². The van der Waals surface area contributed by atoms with E-state index in [1.165, 1.54) is 12.1 Å². The summed E-state index contributed by atoms with van der Waals surface area (Å²) in [7, 11) is 1.58. The summed E-state index contributed by atoms with van der Waals surface area (Å²) in [4.78, 5) is 0. The van der Waals surface area contributed by atoms with Crippen LogP contribution in [0.2, 0.25) is 0 Å². The van der Waals surface area contributed by atoms with Crippen LogP contribution in [0.5, 0.6) is 11.5 Å².